The number of pyridine rings is 2. The molecule has 7 nitrogen and oxygen atoms in total. The molecule has 0 bridgehead atoms. The Bertz CT molecular complexity index is 1550. The van der Waals surface area contributed by atoms with E-state index in [2.05, 4.69) is 6.08 Å². The third kappa shape index (κ3) is 2.87. The van der Waals surface area contributed by atoms with E-state index in [1.54, 1.807) is 24.5 Å². The van der Waals surface area contributed by atoms with Crippen LogP contribution >= 0.6 is 0 Å². The van der Waals surface area contributed by atoms with Crippen LogP contribution < -0.4 is 11.3 Å². The molecule has 1 aliphatic carbocycles. The van der Waals surface area contributed by atoms with Gasteiger partial charge in [0.2, 0.25) is 0 Å². The highest BCUT2D eigenvalue weighted by Gasteiger charge is 2.45. The fraction of sp³-hybridized carbons (Fsp3) is 0.370. The first-order valence-electron chi connectivity index (χ1n) is 12.0. The molecular weight excluding hydrogens is 449 g/mol. The Morgan fingerprint density at radius 2 is 2.06 bits per heavy atom. The summed E-state index contributed by atoms with van der Waals surface area (Å²) in [4.78, 5) is 30.9. The Morgan fingerprint density at radius 1 is 1.26 bits per heavy atom. The second kappa shape index (κ2) is 7.57. The number of aryl methyl sites for hydroxylation is 1. The van der Waals surface area contributed by atoms with E-state index in [0.29, 0.717) is 48.4 Å². The van der Waals surface area contributed by atoms with Crippen molar-refractivity contribution in [3.05, 3.63) is 67.8 Å². The lowest BCUT2D eigenvalue weighted by atomic mass is 9.81. The van der Waals surface area contributed by atoms with Gasteiger partial charge in [-0.15, -0.1) is 0 Å². The molecule has 0 radical (unpaired) electrons. The lowest BCUT2D eigenvalue weighted by molar-refractivity contribution is -0.172. The minimum atomic E-state index is -1.89. The molecule has 2 aliphatic heterocycles. The van der Waals surface area contributed by atoms with E-state index in [9.17, 15) is 19.1 Å². The van der Waals surface area contributed by atoms with Gasteiger partial charge in [0.1, 0.15) is 12.4 Å². The lowest BCUT2D eigenvalue weighted by Crippen LogP contribution is -2.44. The van der Waals surface area contributed by atoms with E-state index in [1.807, 2.05) is 0 Å². The number of aromatic nitrogens is 2. The highest BCUT2D eigenvalue weighted by atomic mass is 19.1. The van der Waals surface area contributed by atoms with Gasteiger partial charge in [0.05, 0.1) is 29.0 Å². The van der Waals surface area contributed by atoms with Crippen molar-refractivity contribution in [2.75, 3.05) is 6.54 Å². The number of carbonyl (C=O) groups excluding carboxylic acids is 1. The first kappa shape index (κ1) is 22.1. The molecule has 1 aromatic carbocycles. The van der Waals surface area contributed by atoms with E-state index < -0.39 is 11.6 Å². The second-order valence-electron chi connectivity index (χ2n) is 9.58. The average molecular weight is 476 g/mol. The Hall–Kier alpha value is -3.36. The largest absolute Gasteiger partial charge is 0.458 e. The first-order valence-corrected chi connectivity index (χ1v) is 12.0. The summed E-state index contributed by atoms with van der Waals surface area (Å²) in [5.41, 5.74) is 10.4. The number of nitrogens with zero attached hydrogens (tertiary/aromatic N) is 2. The number of hydrogen-bond donors (Lipinski definition) is 2. The van der Waals surface area contributed by atoms with E-state index >= 15 is 0 Å². The quantitative estimate of drug-likeness (QED) is 0.441. The Labute approximate surface area is 201 Å². The number of carbonyl (C=O) groups is 1. The summed E-state index contributed by atoms with van der Waals surface area (Å²) < 4.78 is 21.7. The molecule has 1 atom stereocenters. The summed E-state index contributed by atoms with van der Waals surface area (Å²) in [6.07, 6.45) is 4.39. The van der Waals surface area contributed by atoms with E-state index in [-0.39, 0.29) is 35.5 Å². The summed E-state index contributed by atoms with van der Waals surface area (Å²) in [5.74, 6) is -1.06. The predicted octanol–water partition coefficient (Wildman–Crippen LogP) is 3.21. The van der Waals surface area contributed by atoms with Crippen LogP contribution in [0, 0.1) is 12.7 Å². The van der Waals surface area contributed by atoms with Crippen LogP contribution in [0.4, 0.5) is 4.39 Å². The number of nitrogens with two attached hydrogens (primary N) is 1. The molecule has 180 valence electrons. The number of hydrogen-bond acceptors (Lipinski definition) is 6. The number of halogens is 1. The minimum Gasteiger partial charge on any atom is -0.458 e. The molecule has 6 rings (SSSR count). The number of cyclic esters (lactones) is 1. The molecule has 2 aromatic heterocycles. The summed E-state index contributed by atoms with van der Waals surface area (Å²) in [7, 11) is 0. The van der Waals surface area contributed by atoms with Crippen LogP contribution in [0.1, 0.15) is 59.6 Å². The van der Waals surface area contributed by atoms with Crippen LogP contribution in [-0.2, 0) is 34.7 Å². The summed E-state index contributed by atoms with van der Waals surface area (Å²) in [6.45, 7) is 4.12. The van der Waals surface area contributed by atoms with Gasteiger partial charge >= 0.3 is 5.97 Å². The van der Waals surface area contributed by atoms with Gasteiger partial charge in [-0.1, -0.05) is 13.0 Å². The highest BCUT2D eigenvalue weighted by molar-refractivity contribution is 6.01. The topological polar surface area (TPSA) is 107 Å². The number of benzene rings is 1. The third-order valence-electron chi connectivity index (χ3n) is 7.83. The molecule has 8 heteroatoms. The number of fused-ring (bicyclic) bond motifs is 5. The average Bonchev–Trinajstić information content (AvgIpc) is 3.22. The van der Waals surface area contributed by atoms with Crippen LogP contribution in [0.5, 0.6) is 0 Å². The number of aliphatic hydroxyl groups is 1. The Kier molecular flexibility index (Phi) is 4.78. The van der Waals surface area contributed by atoms with Gasteiger partial charge in [-0.05, 0) is 67.5 Å². The van der Waals surface area contributed by atoms with Gasteiger partial charge in [-0.2, -0.15) is 0 Å². The zero-order valence-electron chi connectivity index (χ0n) is 19.7. The monoisotopic (exact) mass is 475 g/mol. The van der Waals surface area contributed by atoms with Crippen molar-refractivity contribution in [1.29, 1.82) is 0 Å². The molecule has 0 saturated carbocycles. The maximum Gasteiger partial charge on any atom is 0.343 e. The van der Waals surface area contributed by atoms with Crippen molar-refractivity contribution in [2.45, 2.75) is 58.3 Å². The zero-order chi connectivity index (χ0) is 24.6. The van der Waals surface area contributed by atoms with Gasteiger partial charge in [0, 0.05) is 22.6 Å². The van der Waals surface area contributed by atoms with Crippen LogP contribution in [0.3, 0.4) is 0 Å². The third-order valence-corrected chi connectivity index (χ3v) is 7.83. The zero-order valence-corrected chi connectivity index (χ0v) is 19.7. The maximum absolute atomic E-state index is 14.9. The standard InChI is InChI=1S/C27H26FN3O4/c1-3-27(34)18-9-21-24-16(11-31(21)25(32)17(18)12-35-26(27)33)22-14(5-4-8-29)6-7-15-13(2)19(28)10-20(30-24)23(15)22/h5,9-10,34H,3-4,6-8,11-12,29H2,1-2H3/b14-5+/t27-/m0/s1. The van der Waals surface area contributed by atoms with E-state index in [1.165, 1.54) is 6.07 Å². The van der Waals surface area contributed by atoms with Crippen molar-refractivity contribution in [2.24, 2.45) is 5.73 Å². The smallest absolute Gasteiger partial charge is 0.343 e. The lowest BCUT2D eigenvalue weighted by Gasteiger charge is -2.31. The molecule has 0 saturated heterocycles. The fourth-order valence-electron chi connectivity index (χ4n) is 5.90. The molecule has 3 aliphatic rings. The highest BCUT2D eigenvalue weighted by Crippen LogP contribution is 2.46. The van der Waals surface area contributed by atoms with E-state index in [4.69, 9.17) is 15.5 Å². The molecule has 0 fully saturated rings. The van der Waals surface area contributed by atoms with Gasteiger partial charge in [0.25, 0.3) is 5.56 Å². The summed E-state index contributed by atoms with van der Waals surface area (Å²) in [5, 5.41) is 12.1. The van der Waals surface area contributed by atoms with Crippen LogP contribution in [0.2, 0.25) is 0 Å². The van der Waals surface area contributed by atoms with E-state index in [0.717, 1.165) is 34.1 Å². The van der Waals surface area contributed by atoms with Crippen molar-refractivity contribution in [3.63, 3.8) is 0 Å². The van der Waals surface area contributed by atoms with Crippen molar-refractivity contribution >= 4 is 22.4 Å². The van der Waals surface area contributed by atoms with Crippen molar-refractivity contribution in [3.8, 4) is 11.4 Å². The normalized spacial score (nSPS) is 21.2. The predicted molar refractivity (Wildman–Crippen MR) is 129 cm³/mol. The summed E-state index contributed by atoms with van der Waals surface area (Å²) in [6, 6.07) is 3.15. The van der Waals surface area contributed by atoms with Crippen molar-refractivity contribution < 1.29 is 19.0 Å². The molecule has 0 amide bonds. The van der Waals surface area contributed by atoms with Gasteiger partial charge < -0.3 is 20.1 Å². The van der Waals surface area contributed by atoms with Crippen LogP contribution in [0.15, 0.2) is 23.0 Å². The van der Waals surface area contributed by atoms with Gasteiger partial charge in [-0.3, -0.25) is 4.79 Å². The number of rotatable bonds is 3. The molecule has 0 spiro atoms. The number of esters is 1. The maximum atomic E-state index is 14.9. The van der Waals surface area contributed by atoms with Crippen LogP contribution in [-0.4, -0.2) is 27.2 Å². The second-order valence-corrected chi connectivity index (χ2v) is 9.58. The molecule has 35 heavy (non-hydrogen) atoms. The van der Waals surface area contributed by atoms with Gasteiger partial charge in [-0.25, -0.2) is 14.2 Å². The Balaban J connectivity index is 1.69. The summed E-state index contributed by atoms with van der Waals surface area (Å²) >= 11 is 0. The molecule has 4 heterocycles. The Morgan fingerprint density at radius 3 is 2.80 bits per heavy atom. The molecule has 0 unspecified atom stereocenters. The van der Waals surface area contributed by atoms with Crippen LogP contribution in [0.25, 0.3) is 27.9 Å². The molecular formula is C27H26FN3O4. The minimum absolute atomic E-state index is 0.0742. The first-order chi connectivity index (χ1) is 16.8. The van der Waals surface area contributed by atoms with Crippen molar-refractivity contribution in [1.82, 2.24) is 9.55 Å². The number of allylic oxidation sites excluding steroid dienone is 1. The molecule has 3 N–H and O–H groups in total. The fourth-order valence-corrected chi connectivity index (χ4v) is 5.90. The number of ether oxygens (including phenoxy) is 1. The molecule has 3 aromatic rings. The van der Waals surface area contributed by atoms with Gasteiger partial charge in [0.15, 0.2) is 5.60 Å². The SMILES string of the molecule is CC[C@@]1(O)C(=O)OCc2c1cc1n(c2=O)Cc2c-1nc1cc(F)c(C)c3c1c2/C(=C/CCN)CC3.